The molecule has 5 nitrogen and oxygen atoms in total. The Balaban J connectivity index is 1.27. The molecule has 0 amide bonds. The van der Waals surface area contributed by atoms with Crippen molar-refractivity contribution in [2.24, 2.45) is 11.3 Å². The number of methoxy groups -OCH3 is 1. The Hall–Kier alpha value is -2.79. The largest absolute Gasteiger partial charge is 0.497 e. The maximum absolute atomic E-state index is 5.63. The highest BCUT2D eigenvalue weighted by Crippen LogP contribution is 2.47. The van der Waals surface area contributed by atoms with Gasteiger partial charge in [0.15, 0.2) is 5.76 Å². The second-order valence-electron chi connectivity index (χ2n) is 9.22. The normalized spacial score (nSPS) is 19.6. The van der Waals surface area contributed by atoms with Gasteiger partial charge < -0.3 is 19.5 Å². The van der Waals surface area contributed by atoms with Crippen LogP contribution in [-0.4, -0.2) is 25.4 Å². The molecule has 3 aromatic rings. The van der Waals surface area contributed by atoms with Crippen LogP contribution in [0.3, 0.4) is 0 Å². The van der Waals surface area contributed by atoms with E-state index < -0.39 is 0 Å². The molecule has 164 valence electrons. The lowest BCUT2D eigenvalue weighted by Gasteiger charge is -2.52. The van der Waals surface area contributed by atoms with E-state index in [9.17, 15) is 0 Å². The van der Waals surface area contributed by atoms with Gasteiger partial charge in [0.05, 0.1) is 19.3 Å². The highest BCUT2D eigenvalue weighted by molar-refractivity contribution is 5.45. The van der Waals surface area contributed by atoms with Gasteiger partial charge in [-0.25, -0.2) is 0 Å². The highest BCUT2D eigenvalue weighted by Gasteiger charge is 2.47. The Morgan fingerprint density at radius 3 is 2.55 bits per heavy atom. The van der Waals surface area contributed by atoms with E-state index >= 15 is 0 Å². The Kier molecular flexibility index (Phi) is 6.33. The van der Waals surface area contributed by atoms with Crippen molar-refractivity contribution in [3.05, 3.63) is 77.7 Å². The SMILES string of the molecule is COc1ccc(CN[C@H]2C[C@@H](Cc3cc(CN(C)c4ccccc4)on3)C2(C)C)cc1. The van der Waals surface area contributed by atoms with Gasteiger partial charge in [0.1, 0.15) is 5.75 Å². The molecule has 1 fully saturated rings. The first-order valence-corrected chi connectivity index (χ1v) is 11.0. The third kappa shape index (κ3) is 4.93. The minimum atomic E-state index is 0.229. The zero-order valence-corrected chi connectivity index (χ0v) is 19.0. The molecule has 0 bridgehead atoms. The molecule has 1 aliphatic carbocycles. The third-order valence-corrected chi connectivity index (χ3v) is 6.84. The summed E-state index contributed by atoms with van der Waals surface area (Å²) in [6.07, 6.45) is 2.13. The molecule has 0 aliphatic heterocycles. The Morgan fingerprint density at radius 2 is 1.87 bits per heavy atom. The predicted octanol–water partition coefficient (Wildman–Crippen LogP) is 5.07. The highest BCUT2D eigenvalue weighted by atomic mass is 16.5. The molecule has 1 heterocycles. The second-order valence-corrected chi connectivity index (χ2v) is 9.22. The molecule has 0 saturated heterocycles. The molecule has 2 aromatic carbocycles. The van der Waals surface area contributed by atoms with Gasteiger partial charge in [-0.1, -0.05) is 49.3 Å². The summed E-state index contributed by atoms with van der Waals surface area (Å²) < 4.78 is 10.9. The van der Waals surface area contributed by atoms with E-state index in [4.69, 9.17) is 9.26 Å². The molecular weight excluding hydrogens is 386 g/mol. The van der Waals surface area contributed by atoms with E-state index in [1.165, 1.54) is 11.3 Å². The lowest BCUT2D eigenvalue weighted by molar-refractivity contribution is 0.0125. The van der Waals surface area contributed by atoms with Crippen molar-refractivity contribution in [1.82, 2.24) is 10.5 Å². The van der Waals surface area contributed by atoms with Crippen molar-refractivity contribution in [2.45, 2.75) is 45.8 Å². The Morgan fingerprint density at radius 1 is 1.13 bits per heavy atom. The molecule has 1 aliphatic rings. The summed E-state index contributed by atoms with van der Waals surface area (Å²) in [7, 11) is 3.77. The van der Waals surface area contributed by atoms with Gasteiger partial charge >= 0.3 is 0 Å². The molecule has 1 aromatic heterocycles. The summed E-state index contributed by atoms with van der Waals surface area (Å²) in [5, 5.41) is 8.09. The minimum Gasteiger partial charge on any atom is -0.497 e. The number of aromatic nitrogens is 1. The van der Waals surface area contributed by atoms with Gasteiger partial charge in [0.2, 0.25) is 0 Å². The first kappa shape index (κ1) is 21.4. The van der Waals surface area contributed by atoms with Crippen LogP contribution in [0.15, 0.2) is 65.2 Å². The summed E-state index contributed by atoms with van der Waals surface area (Å²) in [6.45, 7) is 6.32. The van der Waals surface area contributed by atoms with Crippen LogP contribution in [0, 0.1) is 11.3 Å². The lowest BCUT2D eigenvalue weighted by atomic mass is 9.57. The standard InChI is InChI=1S/C26H33N3O2/c1-26(2)20(15-25(26)27-17-19-10-12-23(30-4)13-11-19)14-21-16-24(31-28-21)18-29(3)22-8-6-5-7-9-22/h5-13,16,20,25,27H,14-15,17-18H2,1-4H3/t20-,25+/m1/s1. The second kappa shape index (κ2) is 9.15. The van der Waals surface area contributed by atoms with Crippen molar-refractivity contribution >= 4 is 5.69 Å². The van der Waals surface area contributed by atoms with Crippen LogP contribution in [0.25, 0.3) is 0 Å². The van der Waals surface area contributed by atoms with Gasteiger partial charge in [-0.3, -0.25) is 0 Å². The monoisotopic (exact) mass is 419 g/mol. The molecule has 5 heteroatoms. The van der Waals surface area contributed by atoms with Crippen LogP contribution in [-0.2, 0) is 19.5 Å². The number of ether oxygens (including phenoxy) is 1. The molecule has 4 rings (SSSR count). The zero-order valence-electron chi connectivity index (χ0n) is 19.0. The molecule has 0 unspecified atom stereocenters. The van der Waals surface area contributed by atoms with Gasteiger partial charge in [0.25, 0.3) is 0 Å². The Labute approximate surface area is 185 Å². The van der Waals surface area contributed by atoms with Crippen LogP contribution in [0.2, 0.25) is 0 Å². The van der Waals surface area contributed by atoms with Crippen molar-refractivity contribution in [2.75, 3.05) is 19.1 Å². The van der Waals surface area contributed by atoms with Crippen molar-refractivity contribution in [3.63, 3.8) is 0 Å². The smallest absolute Gasteiger partial charge is 0.156 e. The average Bonchev–Trinajstić information content (AvgIpc) is 3.23. The number of hydrogen-bond donors (Lipinski definition) is 1. The van der Waals surface area contributed by atoms with Gasteiger partial charge in [-0.05, 0) is 54.0 Å². The topological polar surface area (TPSA) is 50.5 Å². The third-order valence-electron chi connectivity index (χ3n) is 6.84. The van der Waals surface area contributed by atoms with Crippen LogP contribution >= 0.6 is 0 Å². The minimum absolute atomic E-state index is 0.229. The number of nitrogens with one attached hydrogen (secondary N) is 1. The Bertz CT molecular complexity index is 966. The summed E-state index contributed by atoms with van der Waals surface area (Å²) >= 11 is 0. The van der Waals surface area contributed by atoms with Crippen molar-refractivity contribution in [3.8, 4) is 5.75 Å². The zero-order chi connectivity index (χ0) is 21.8. The fraction of sp³-hybridized carbons (Fsp3) is 0.423. The number of para-hydroxylation sites is 1. The van der Waals surface area contributed by atoms with Crippen molar-refractivity contribution in [1.29, 1.82) is 0 Å². The van der Waals surface area contributed by atoms with E-state index in [-0.39, 0.29) is 5.41 Å². The molecule has 0 spiro atoms. The molecule has 31 heavy (non-hydrogen) atoms. The average molecular weight is 420 g/mol. The number of hydrogen-bond acceptors (Lipinski definition) is 5. The van der Waals surface area contributed by atoms with E-state index in [1.54, 1.807) is 7.11 Å². The first-order chi connectivity index (χ1) is 15.0. The van der Waals surface area contributed by atoms with Gasteiger partial charge in [-0.15, -0.1) is 0 Å². The molecule has 2 atom stereocenters. The quantitative estimate of drug-likeness (QED) is 0.525. The molecule has 1 saturated carbocycles. The van der Waals surface area contributed by atoms with E-state index in [0.717, 1.165) is 43.1 Å². The number of rotatable bonds is 9. The molecular formula is C26H33N3O2. The lowest BCUT2D eigenvalue weighted by Crippen LogP contribution is -2.57. The van der Waals surface area contributed by atoms with E-state index in [1.807, 2.05) is 18.2 Å². The van der Waals surface area contributed by atoms with Crippen LogP contribution in [0.1, 0.15) is 37.3 Å². The first-order valence-electron chi connectivity index (χ1n) is 11.0. The fourth-order valence-corrected chi connectivity index (χ4v) is 4.48. The van der Waals surface area contributed by atoms with Crippen LogP contribution in [0.4, 0.5) is 5.69 Å². The summed E-state index contributed by atoms with van der Waals surface area (Å²) in [5.74, 6) is 2.41. The summed E-state index contributed by atoms with van der Waals surface area (Å²) in [4.78, 5) is 2.18. The molecule has 1 N–H and O–H groups in total. The number of nitrogens with zero attached hydrogens (tertiary/aromatic N) is 2. The number of anilines is 1. The molecule has 0 radical (unpaired) electrons. The van der Waals surface area contributed by atoms with Gasteiger partial charge in [-0.2, -0.15) is 0 Å². The fourth-order valence-electron chi connectivity index (χ4n) is 4.48. The maximum Gasteiger partial charge on any atom is 0.156 e. The van der Waals surface area contributed by atoms with E-state index in [2.05, 4.69) is 78.7 Å². The van der Waals surface area contributed by atoms with E-state index in [0.29, 0.717) is 12.0 Å². The van der Waals surface area contributed by atoms with Gasteiger partial charge in [0, 0.05) is 31.4 Å². The predicted molar refractivity (Wildman–Crippen MR) is 124 cm³/mol. The maximum atomic E-state index is 5.63. The van der Waals surface area contributed by atoms with Crippen LogP contribution < -0.4 is 15.0 Å². The van der Waals surface area contributed by atoms with Crippen LogP contribution in [0.5, 0.6) is 5.75 Å². The van der Waals surface area contributed by atoms with Crippen molar-refractivity contribution < 1.29 is 9.26 Å². The summed E-state index contributed by atoms with van der Waals surface area (Å²) in [5.41, 5.74) is 3.74. The summed E-state index contributed by atoms with van der Waals surface area (Å²) in [6, 6.07) is 21.3. The number of benzene rings is 2.